The number of esters is 1. The van der Waals surface area contributed by atoms with E-state index in [1.54, 1.807) is 12.1 Å². The molecule has 0 radical (unpaired) electrons. The van der Waals surface area contributed by atoms with Gasteiger partial charge in [0.25, 0.3) is 23.4 Å². The second-order valence-electron chi connectivity index (χ2n) is 7.55. The average molecular weight is 528 g/mol. The van der Waals surface area contributed by atoms with Crippen LogP contribution in [0.5, 0.6) is 5.75 Å². The molecule has 0 bridgehead atoms. The summed E-state index contributed by atoms with van der Waals surface area (Å²) in [5.74, 6) is -2.64. The zero-order valence-electron chi connectivity index (χ0n) is 18.2. The number of nitrogens with one attached hydrogen (secondary N) is 1. The fourth-order valence-corrected chi connectivity index (χ4v) is 3.86. The zero-order chi connectivity index (χ0) is 26.0. The minimum absolute atomic E-state index is 0.0875. The maximum atomic E-state index is 12.6. The van der Waals surface area contributed by atoms with E-state index >= 15 is 0 Å². The van der Waals surface area contributed by atoms with E-state index in [1.165, 1.54) is 42.5 Å². The SMILES string of the molecule is O=C(CCN1C(=O)c2cccc([N+](=O)[O-])c2C1=O)Oc1ccc(C(=O)Nc2cc(Cl)ccc2Cl)cc1. The Morgan fingerprint density at radius 3 is 2.42 bits per heavy atom. The highest BCUT2D eigenvalue weighted by Crippen LogP contribution is 2.31. The first-order valence-electron chi connectivity index (χ1n) is 10.4. The van der Waals surface area contributed by atoms with Gasteiger partial charge in [-0.25, -0.2) is 0 Å². The van der Waals surface area contributed by atoms with Gasteiger partial charge in [0.05, 0.1) is 27.6 Å². The maximum absolute atomic E-state index is 12.6. The summed E-state index contributed by atoms with van der Waals surface area (Å²) < 4.78 is 5.20. The van der Waals surface area contributed by atoms with E-state index in [9.17, 15) is 29.3 Å². The molecule has 182 valence electrons. The number of hydrogen-bond acceptors (Lipinski definition) is 7. The Kier molecular flexibility index (Phi) is 7.00. The third-order valence-corrected chi connectivity index (χ3v) is 5.80. The van der Waals surface area contributed by atoms with Crippen LogP contribution in [0.4, 0.5) is 11.4 Å². The third-order valence-electron chi connectivity index (χ3n) is 5.24. The van der Waals surface area contributed by atoms with Gasteiger partial charge in [0.15, 0.2) is 0 Å². The molecule has 3 amide bonds. The highest BCUT2D eigenvalue weighted by atomic mass is 35.5. The van der Waals surface area contributed by atoms with E-state index in [0.717, 1.165) is 11.0 Å². The number of halogens is 2. The highest BCUT2D eigenvalue weighted by molar-refractivity contribution is 6.36. The third kappa shape index (κ3) is 5.04. The predicted molar refractivity (Wildman–Crippen MR) is 130 cm³/mol. The van der Waals surface area contributed by atoms with Gasteiger partial charge >= 0.3 is 5.97 Å². The number of amides is 3. The second kappa shape index (κ2) is 10.1. The van der Waals surface area contributed by atoms with Gasteiger partial charge < -0.3 is 10.1 Å². The molecule has 1 heterocycles. The van der Waals surface area contributed by atoms with E-state index in [0.29, 0.717) is 15.7 Å². The lowest BCUT2D eigenvalue weighted by molar-refractivity contribution is -0.385. The summed E-state index contributed by atoms with van der Waals surface area (Å²) in [4.78, 5) is 61.0. The average Bonchev–Trinajstić information content (AvgIpc) is 3.09. The molecule has 0 saturated heterocycles. The van der Waals surface area contributed by atoms with E-state index in [1.807, 2.05) is 0 Å². The van der Waals surface area contributed by atoms with Crippen LogP contribution >= 0.6 is 23.2 Å². The number of ether oxygens (including phenoxy) is 1. The molecule has 0 spiro atoms. The van der Waals surface area contributed by atoms with Crippen LogP contribution in [0.2, 0.25) is 10.0 Å². The molecule has 4 rings (SSSR count). The molecule has 0 atom stereocenters. The fraction of sp³-hybridized carbons (Fsp3) is 0.0833. The molecule has 1 aliphatic rings. The second-order valence-corrected chi connectivity index (χ2v) is 8.39. The molecule has 0 fully saturated rings. The molecule has 0 aromatic heterocycles. The van der Waals surface area contributed by atoms with Crippen molar-refractivity contribution >= 4 is 58.3 Å². The fourth-order valence-electron chi connectivity index (χ4n) is 3.52. The number of hydrogen-bond donors (Lipinski definition) is 1. The van der Waals surface area contributed by atoms with Gasteiger partial charge in [0.2, 0.25) is 0 Å². The van der Waals surface area contributed by atoms with Crippen LogP contribution in [0.1, 0.15) is 37.5 Å². The number of rotatable bonds is 7. The first-order valence-corrected chi connectivity index (χ1v) is 11.1. The van der Waals surface area contributed by atoms with Gasteiger partial charge in [-0.05, 0) is 48.5 Å². The molecule has 36 heavy (non-hydrogen) atoms. The smallest absolute Gasteiger partial charge is 0.312 e. The van der Waals surface area contributed by atoms with Crippen LogP contribution in [-0.2, 0) is 4.79 Å². The summed E-state index contributed by atoms with van der Waals surface area (Å²) in [6.45, 7) is -0.316. The van der Waals surface area contributed by atoms with E-state index in [2.05, 4.69) is 5.32 Å². The summed E-state index contributed by atoms with van der Waals surface area (Å²) in [5.41, 5.74) is -0.261. The summed E-state index contributed by atoms with van der Waals surface area (Å²) in [7, 11) is 0. The number of fused-ring (bicyclic) bond motifs is 1. The summed E-state index contributed by atoms with van der Waals surface area (Å²) in [5, 5.41) is 14.5. The van der Waals surface area contributed by atoms with Crippen molar-refractivity contribution in [3.63, 3.8) is 0 Å². The number of carbonyl (C=O) groups is 4. The molecule has 1 N–H and O–H groups in total. The molecule has 0 saturated carbocycles. The first-order chi connectivity index (χ1) is 17.2. The number of nitrogens with zero attached hydrogens (tertiary/aromatic N) is 2. The lowest BCUT2D eigenvalue weighted by atomic mass is 10.1. The standard InChI is InChI=1S/C24H15Cl2N3O7/c25-14-6-9-17(26)18(12-14)27-22(31)13-4-7-15(8-5-13)36-20(30)10-11-28-23(32)16-2-1-3-19(29(34)35)21(16)24(28)33/h1-9,12H,10-11H2,(H,27,31). The Labute approximate surface area is 213 Å². The Bertz CT molecular complexity index is 1420. The molecule has 0 unspecified atom stereocenters. The Balaban J connectivity index is 1.35. The van der Waals surface area contributed by atoms with Crippen LogP contribution in [-0.4, -0.2) is 40.1 Å². The number of benzene rings is 3. The van der Waals surface area contributed by atoms with Gasteiger partial charge in [-0.2, -0.15) is 0 Å². The molecular formula is C24H15Cl2N3O7. The lowest BCUT2D eigenvalue weighted by Crippen LogP contribution is -2.32. The Morgan fingerprint density at radius 1 is 1.00 bits per heavy atom. The van der Waals surface area contributed by atoms with E-state index < -0.39 is 34.3 Å². The number of nitro groups is 1. The quantitative estimate of drug-likeness (QED) is 0.154. The summed E-state index contributed by atoms with van der Waals surface area (Å²) >= 11 is 12.0. The predicted octanol–water partition coefficient (Wildman–Crippen LogP) is 4.75. The Morgan fingerprint density at radius 2 is 1.72 bits per heavy atom. The largest absolute Gasteiger partial charge is 0.426 e. The van der Waals surface area contributed by atoms with Crippen molar-refractivity contribution in [1.82, 2.24) is 4.90 Å². The summed E-state index contributed by atoms with van der Waals surface area (Å²) in [6, 6.07) is 14.1. The molecule has 1 aliphatic heterocycles. The van der Waals surface area contributed by atoms with E-state index in [4.69, 9.17) is 27.9 Å². The summed E-state index contributed by atoms with van der Waals surface area (Å²) in [6.07, 6.45) is -0.339. The number of anilines is 1. The monoisotopic (exact) mass is 527 g/mol. The molecule has 10 nitrogen and oxygen atoms in total. The first kappa shape index (κ1) is 24.8. The van der Waals surface area contributed by atoms with Crippen LogP contribution in [0.15, 0.2) is 60.7 Å². The maximum Gasteiger partial charge on any atom is 0.312 e. The zero-order valence-corrected chi connectivity index (χ0v) is 19.7. The van der Waals surface area contributed by atoms with Gasteiger partial charge in [-0.3, -0.25) is 34.2 Å². The van der Waals surface area contributed by atoms with Crippen molar-refractivity contribution in [1.29, 1.82) is 0 Å². The van der Waals surface area contributed by atoms with Crippen LogP contribution in [0.25, 0.3) is 0 Å². The van der Waals surface area contributed by atoms with Crippen LogP contribution in [0, 0.1) is 10.1 Å². The van der Waals surface area contributed by atoms with Crippen molar-refractivity contribution < 1.29 is 28.8 Å². The molecule has 12 heteroatoms. The van der Waals surface area contributed by atoms with E-state index in [-0.39, 0.29) is 35.4 Å². The van der Waals surface area contributed by atoms with Gasteiger partial charge in [-0.1, -0.05) is 29.3 Å². The number of nitro benzene ring substituents is 1. The van der Waals surface area contributed by atoms with Gasteiger partial charge in [0, 0.05) is 23.2 Å². The number of imide groups is 1. The van der Waals surface area contributed by atoms with Crippen molar-refractivity contribution in [2.24, 2.45) is 0 Å². The van der Waals surface area contributed by atoms with Gasteiger partial charge in [0.1, 0.15) is 11.3 Å². The van der Waals surface area contributed by atoms with Crippen LogP contribution in [0.3, 0.4) is 0 Å². The van der Waals surface area contributed by atoms with Crippen molar-refractivity contribution in [2.75, 3.05) is 11.9 Å². The minimum atomic E-state index is -0.842. The molecule has 3 aromatic carbocycles. The van der Waals surface area contributed by atoms with Crippen LogP contribution < -0.4 is 10.1 Å². The molecule has 0 aliphatic carbocycles. The van der Waals surface area contributed by atoms with Crippen molar-refractivity contribution in [3.05, 3.63) is 97.5 Å². The minimum Gasteiger partial charge on any atom is -0.426 e. The normalized spacial score (nSPS) is 12.3. The van der Waals surface area contributed by atoms with Crippen molar-refractivity contribution in [2.45, 2.75) is 6.42 Å². The Hall–Kier alpha value is -4.28. The lowest BCUT2D eigenvalue weighted by Gasteiger charge is -2.13. The topological polar surface area (TPSA) is 136 Å². The number of carbonyl (C=O) groups excluding carboxylic acids is 4. The van der Waals surface area contributed by atoms with Crippen molar-refractivity contribution in [3.8, 4) is 5.75 Å². The highest BCUT2D eigenvalue weighted by Gasteiger charge is 2.40. The molecule has 3 aromatic rings. The van der Waals surface area contributed by atoms with Gasteiger partial charge in [-0.15, -0.1) is 0 Å². The molecular weight excluding hydrogens is 513 g/mol.